The molecule has 3 aromatic rings. The van der Waals surface area contributed by atoms with E-state index in [1.807, 2.05) is 6.07 Å². The van der Waals surface area contributed by atoms with Crippen LogP contribution in [0.15, 0.2) is 66.7 Å². The van der Waals surface area contributed by atoms with Crippen molar-refractivity contribution in [2.24, 2.45) is 0 Å². The highest BCUT2D eigenvalue weighted by molar-refractivity contribution is 6.42. The zero-order valence-corrected chi connectivity index (χ0v) is 26.4. The number of quaternary nitrogens is 1. The molecule has 1 unspecified atom stereocenters. The Morgan fingerprint density at radius 1 is 0.783 bits per heavy atom. The number of carbonyl (C=O) groups is 1. The molecule has 0 aromatic heterocycles. The van der Waals surface area contributed by atoms with Gasteiger partial charge in [-0.25, -0.2) is 0 Å². The Morgan fingerprint density at radius 2 is 1.39 bits per heavy atom. The molecule has 3 aromatic carbocycles. The van der Waals surface area contributed by atoms with E-state index in [9.17, 15) is 31.1 Å². The van der Waals surface area contributed by atoms with Gasteiger partial charge in [0.1, 0.15) is 12.2 Å². The fourth-order valence-electron chi connectivity index (χ4n) is 7.50. The van der Waals surface area contributed by atoms with E-state index in [0.29, 0.717) is 29.1 Å². The van der Waals surface area contributed by atoms with Crippen LogP contribution in [0.5, 0.6) is 0 Å². The zero-order valence-electron chi connectivity index (χ0n) is 24.9. The van der Waals surface area contributed by atoms with Gasteiger partial charge in [-0.2, -0.15) is 26.3 Å². The van der Waals surface area contributed by atoms with Gasteiger partial charge in [0, 0.05) is 37.6 Å². The standard InChI is InChI=1S/C34H33Cl2F6N2O2/c35-28-7-6-25(19-29(28)36)32(11-15-44-12-8-31(9-13-44,10-14-44)24-4-2-1-3-5-24)22-43(30(45)21-46-32)20-23-16-26(33(37,38)39)18-27(17-23)34(40,41)42/h1-7,16-19H,8-15,20-22H2/q+1. The third-order valence-corrected chi connectivity index (χ3v) is 11.0. The van der Waals surface area contributed by atoms with Gasteiger partial charge in [0.2, 0.25) is 5.91 Å². The normalized spacial score (nSPS) is 26.9. The van der Waals surface area contributed by atoms with Crippen molar-refractivity contribution >= 4 is 29.1 Å². The van der Waals surface area contributed by atoms with Crippen LogP contribution >= 0.6 is 23.2 Å². The summed E-state index contributed by atoms with van der Waals surface area (Å²) in [5, 5.41) is 0.591. The quantitative estimate of drug-likeness (QED) is 0.184. The number of hydrogen-bond acceptors (Lipinski definition) is 2. The number of carbonyl (C=O) groups excluding carboxylic acids is 1. The van der Waals surface area contributed by atoms with Gasteiger partial charge in [-0.15, -0.1) is 0 Å². The molecule has 0 saturated carbocycles. The molecule has 46 heavy (non-hydrogen) atoms. The number of morpholine rings is 1. The maximum absolute atomic E-state index is 13.6. The summed E-state index contributed by atoms with van der Waals surface area (Å²) in [6.07, 6.45) is -6.41. The molecule has 4 nitrogen and oxygen atoms in total. The minimum atomic E-state index is -5.00. The van der Waals surface area contributed by atoms with E-state index < -0.39 is 41.5 Å². The van der Waals surface area contributed by atoms with Crippen LogP contribution in [-0.4, -0.2) is 54.6 Å². The van der Waals surface area contributed by atoms with Gasteiger partial charge in [0.05, 0.1) is 53.9 Å². The molecular formula is C34H33Cl2F6N2O2+. The number of fused-ring (bicyclic) bond motifs is 3. The Morgan fingerprint density at radius 3 is 1.96 bits per heavy atom. The number of amides is 1. The second-order valence-corrected chi connectivity index (χ2v) is 13.8. The van der Waals surface area contributed by atoms with Crippen molar-refractivity contribution in [3.63, 3.8) is 0 Å². The van der Waals surface area contributed by atoms with Gasteiger partial charge in [0.25, 0.3) is 0 Å². The lowest BCUT2D eigenvalue weighted by atomic mass is 9.66. The molecule has 0 spiro atoms. The Hall–Kier alpha value is -2.79. The highest BCUT2D eigenvalue weighted by Gasteiger charge is 2.51. The van der Waals surface area contributed by atoms with Crippen LogP contribution in [0, 0.1) is 0 Å². The highest BCUT2D eigenvalue weighted by Crippen LogP contribution is 2.47. The fraction of sp³-hybridized carbons (Fsp3) is 0.441. The Balaban J connectivity index is 1.28. The molecule has 4 saturated heterocycles. The topological polar surface area (TPSA) is 29.5 Å². The van der Waals surface area contributed by atoms with Crippen LogP contribution in [0.4, 0.5) is 26.3 Å². The summed E-state index contributed by atoms with van der Waals surface area (Å²) < 4.78 is 88.7. The average Bonchev–Trinajstić information content (AvgIpc) is 3.03. The zero-order chi connectivity index (χ0) is 33.0. The molecule has 4 aliphatic rings. The molecule has 4 aliphatic heterocycles. The summed E-state index contributed by atoms with van der Waals surface area (Å²) in [6.45, 7) is 2.73. The molecule has 7 rings (SSSR count). The Kier molecular flexibility index (Phi) is 8.66. The van der Waals surface area contributed by atoms with Crippen LogP contribution in [-0.2, 0) is 39.4 Å². The molecule has 2 bridgehead atoms. The Bertz CT molecular complexity index is 1560. The van der Waals surface area contributed by atoms with Crippen molar-refractivity contribution in [1.82, 2.24) is 4.90 Å². The lowest BCUT2D eigenvalue weighted by Crippen LogP contribution is -2.64. The van der Waals surface area contributed by atoms with Gasteiger partial charge in [-0.1, -0.05) is 59.6 Å². The number of benzene rings is 3. The summed E-state index contributed by atoms with van der Waals surface area (Å²) in [5.74, 6) is -0.530. The SMILES string of the molecule is O=C1COC(CC[N+]23CCC(c4ccccc4)(CC2)CC3)(c2ccc(Cl)c(Cl)c2)CN1Cc1cc(C(F)(F)F)cc(C(F)(F)F)c1. The van der Waals surface area contributed by atoms with Gasteiger partial charge >= 0.3 is 12.4 Å². The van der Waals surface area contributed by atoms with E-state index in [0.717, 1.165) is 49.9 Å². The first-order valence-electron chi connectivity index (χ1n) is 15.2. The lowest BCUT2D eigenvalue weighted by Gasteiger charge is -2.56. The number of piperidine rings is 3. The number of nitrogens with zero attached hydrogens (tertiary/aromatic N) is 2. The first-order valence-corrected chi connectivity index (χ1v) is 15.9. The third kappa shape index (κ3) is 6.50. The monoisotopic (exact) mass is 685 g/mol. The highest BCUT2D eigenvalue weighted by atomic mass is 35.5. The summed E-state index contributed by atoms with van der Waals surface area (Å²) in [7, 11) is 0. The molecular weight excluding hydrogens is 653 g/mol. The summed E-state index contributed by atoms with van der Waals surface area (Å²) in [5.41, 5.74) is -2.05. The third-order valence-electron chi connectivity index (χ3n) is 10.3. The lowest BCUT2D eigenvalue weighted by molar-refractivity contribution is -0.944. The van der Waals surface area contributed by atoms with Gasteiger partial charge in [-0.3, -0.25) is 4.79 Å². The van der Waals surface area contributed by atoms with Gasteiger partial charge < -0.3 is 14.1 Å². The van der Waals surface area contributed by atoms with Gasteiger partial charge in [-0.05, 0) is 47.0 Å². The summed E-state index contributed by atoms with van der Waals surface area (Å²) in [4.78, 5) is 14.4. The molecule has 0 radical (unpaired) electrons. The first-order chi connectivity index (χ1) is 21.6. The van der Waals surface area contributed by atoms with Crippen molar-refractivity contribution in [1.29, 1.82) is 0 Å². The van der Waals surface area contributed by atoms with Crippen LogP contribution in [0.2, 0.25) is 10.0 Å². The van der Waals surface area contributed by atoms with Crippen LogP contribution in [0.3, 0.4) is 0 Å². The number of halogens is 8. The molecule has 12 heteroatoms. The molecule has 0 aliphatic carbocycles. The van der Waals surface area contributed by atoms with Crippen molar-refractivity contribution in [3.05, 3.63) is 105 Å². The maximum atomic E-state index is 13.6. The van der Waals surface area contributed by atoms with Crippen molar-refractivity contribution in [2.45, 2.75) is 55.6 Å². The number of rotatable bonds is 7. The smallest absolute Gasteiger partial charge is 0.358 e. The molecule has 246 valence electrons. The van der Waals surface area contributed by atoms with Crippen molar-refractivity contribution < 1.29 is 40.4 Å². The predicted molar refractivity (Wildman–Crippen MR) is 162 cm³/mol. The minimum absolute atomic E-state index is 0.0741. The fourth-order valence-corrected chi connectivity index (χ4v) is 7.80. The summed E-state index contributed by atoms with van der Waals surface area (Å²) in [6, 6.07) is 17.0. The van der Waals surface area contributed by atoms with E-state index in [1.54, 1.807) is 18.2 Å². The van der Waals surface area contributed by atoms with Crippen LogP contribution in [0.25, 0.3) is 0 Å². The molecule has 0 N–H and O–H groups in total. The average molecular weight is 687 g/mol. The Labute approximate surface area is 273 Å². The number of hydrogen-bond donors (Lipinski definition) is 0. The molecule has 4 heterocycles. The number of alkyl halides is 6. The van der Waals surface area contributed by atoms with Crippen LogP contribution < -0.4 is 0 Å². The van der Waals surface area contributed by atoms with E-state index in [4.69, 9.17) is 27.9 Å². The predicted octanol–water partition coefficient (Wildman–Crippen LogP) is 8.63. The van der Waals surface area contributed by atoms with E-state index in [2.05, 4.69) is 24.3 Å². The molecule has 1 amide bonds. The van der Waals surface area contributed by atoms with Crippen LogP contribution in [0.1, 0.15) is 53.5 Å². The van der Waals surface area contributed by atoms with E-state index >= 15 is 0 Å². The van der Waals surface area contributed by atoms with Gasteiger partial charge in [0.15, 0.2) is 0 Å². The van der Waals surface area contributed by atoms with E-state index in [1.165, 1.54) is 10.5 Å². The summed E-state index contributed by atoms with van der Waals surface area (Å²) >= 11 is 12.6. The number of ether oxygens (including phenoxy) is 1. The van der Waals surface area contributed by atoms with Crippen molar-refractivity contribution in [3.8, 4) is 0 Å². The first kappa shape index (κ1) is 33.1. The second kappa shape index (κ2) is 12.0. The second-order valence-electron chi connectivity index (χ2n) is 13.0. The largest absolute Gasteiger partial charge is 0.416 e. The maximum Gasteiger partial charge on any atom is 0.416 e. The van der Waals surface area contributed by atoms with E-state index in [-0.39, 0.29) is 35.2 Å². The van der Waals surface area contributed by atoms with Crippen molar-refractivity contribution in [2.75, 3.05) is 39.3 Å². The molecule has 1 atom stereocenters. The molecule has 4 fully saturated rings. The minimum Gasteiger partial charge on any atom is -0.358 e.